The molecular weight excluding hydrogens is 160 g/mol. The summed E-state index contributed by atoms with van der Waals surface area (Å²) in [4.78, 5) is 11.6. The second kappa shape index (κ2) is 2.59. The van der Waals surface area contributed by atoms with Gasteiger partial charge in [0.2, 0.25) is 0 Å². The van der Waals surface area contributed by atoms with Crippen LogP contribution in [0.25, 0.3) is 0 Å². The minimum absolute atomic E-state index is 0.376. The fraction of sp³-hybridized carbons (Fsp3) is 0.917. The first-order chi connectivity index (χ1) is 6.25. The predicted molar refractivity (Wildman–Crippen MR) is 51.2 cm³/mol. The second-order valence-corrected chi connectivity index (χ2v) is 5.47. The van der Waals surface area contributed by atoms with Crippen molar-refractivity contribution in [1.82, 2.24) is 0 Å². The third-order valence-corrected chi connectivity index (χ3v) is 4.89. The number of hydrogen-bond donors (Lipinski definition) is 0. The van der Waals surface area contributed by atoms with E-state index >= 15 is 0 Å². The van der Waals surface area contributed by atoms with Crippen LogP contribution in [0, 0.1) is 29.6 Å². The van der Waals surface area contributed by atoms with Crippen molar-refractivity contribution in [3.63, 3.8) is 0 Å². The molecule has 2 bridgehead atoms. The quantitative estimate of drug-likeness (QED) is 0.557. The third kappa shape index (κ3) is 1.02. The molecule has 1 heteroatoms. The lowest BCUT2D eigenvalue weighted by molar-refractivity contribution is -0.127. The summed E-state index contributed by atoms with van der Waals surface area (Å²) in [6, 6.07) is 0. The Kier molecular flexibility index (Phi) is 1.59. The van der Waals surface area contributed by atoms with Gasteiger partial charge in [-0.05, 0) is 49.4 Å². The molecule has 0 amide bonds. The maximum absolute atomic E-state index is 11.6. The standard InChI is InChI=1S/C12H18O/c1-7-4-10-8-2-3-9(5-8)11(10)6-12(7)13/h7-11H,2-6H2,1H3/t7-,8+,9+,10-,11-/m0/s1. The van der Waals surface area contributed by atoms with Gasteiger partial charge in [-0.1, -0.05) is 6.92 Å². The summed E-state index contributed by atoms with van der Waals surface area (Å²) in [5.41, 5.74) is 0. The van der Waals surface area contributed by atoms with E-state index in [1.165, 1.54) is 25.7 Å². The highest BCUT2D eigenvalue weighted by Gasteiger charge is 2.50. The van der Waals surface area contributed by atoms with Gasteiger partial charge in [0.25, 0.3) is 0 Å². The summed E-state index contributed by atoms with van der Waals surface area (Å²) in [6.07, 6.45) is 6.48. The minimum atomic E-state index is 0.376. The van der Waals surface area contributed by atoms with Crippen LogP contribution >= 0.6 is 0 Å². The van der Waals surface area contributed by atoms with Crippen LogP contribution in [0.15, 0.2) is 0 Å². The maximum Gasteiger partial charge on any atom is 0.136 e. The Labute approximate surface area is 79.9 Å². The van der Waals surface area contributed by atoms with Gasteiger partial charge in [-0.2, -0.15) is 0 Å². The van der Waals surface area contributed by atoms with E-state index in [1.54, 1.807) is 0 Å². The molecule has 3 aliphatic rings. The van der Waals surface area contributed by atoms with E-state index < -0.39 is 0 Å². The summed E-state index contributed by atoms with van der Waals surface area (Å²) in [6.45, 7) is 2.13. The summed E-state index contributed by atoms with van der Waals surface area (Å²) in [5.74, 6) is 4.61. The normalized spacial score (nSPS) is 53.9. The van der Waals surface area contributed by atoms with Crippen LogP contribution in [-0.2, 0) is 4.79 Å². The first-order valence-electron chi connectivity index (χ1n) is 5.78. The highest BCUT2D eigenvalue weighted by molar-refractivity contribution is 5.81. The lowest BCUT2D eigenvalue weighted by atomic mass is 9.67. The van der Waals surface area contributed by atoms with E-state index in [0.29, 0.717) is 11.7 Å². The molecule has 3 rings (SSSR count). The topological polar surface area (TPSA) is 17.1 Å². The molecule has 0 N–H and O–H groups in total. The van der Waals surface area contributed by atoms with E-state index in [-0.39, 0.29) is 0 Å². The smallest absolute Gasteiger partial charge is 0.136 e. The van der Waals surface area contributed by atoms with Gasteiger partial charge in [0.1, 0.15) is 5.78 Å². The van der Waals surface area contributed by atoms with Gasteiger partial charge >= 0.3 is 0 Å². The lowest BCUT2D eigenvalue weighted by Gasteiger charge is -2.36. The Morgan fingerprint density at radius 1 is 1.08 bits per heavy atom. The Bertz CT molecular complexity index is 246. The van der Waals surface area contributed by atoms with Gasteiger partial charge in [-0.25, -0.2) is 0 Å². The SMILES string of the molecule is C[C@H]1C[C@H]2[C@@H]3CC[C@H](C3)[C@@H]2CC1=O. The van der Waals surface area contributed by atoms with E-state index in [1.807, 2.05) is 0 Å². The largest absolute Gasteiger partial charge is 0.299 e. The molecule has 0 radical (unpaired) electrons. The number of fused-ring (bicyclic) bond motifs is 5. The van der Waals surface area contributed by atoms with Gasteiger partial charge < -0.3 is 0 Å². The zero-order valence-electron chi connectivity index (χ0n) is 8.33. The number of Topliss-reactive ketones (excluding diaryl/α,β-unsaturated/α-hetero) is 1. The Morgan fingerprint density at radius 3 is 2.54 bits per heavy atom. The van der Waals surface area contributed by atoms with Crippen molar-refractivity contribution < 1.29 is 4.79 Å². The summed E-state index contributed by atoms with van der Waals surface area (Å²) in [5, 5.41) is 0. The van der Waals surface area contributed by atoms with Gasteiger partial charge in [-0.3, -0.25) is 4.79 Å². The number of carbonyl (C=O) groups is 1. The van der Waals surface area contributed by atoms with Crippen molar-refractivity contribution >= 4 is 5.78 Å². The molecule has 3 fully saturated rings. The van der Waals surface area contributed by atoms with E-state index in [9.17, 15) is 4.79 Å². The van der Waals surface area contributed by atoms with Gasteiger partial charge in [0.15, 0.2) is 0 Å². The average Bonchev–Trinajstić information content (AvgIpc) is 2.67. The molecule has 1 nitrogen and oxygen atoms in total. The molecule has 0 saturated heterocycles. The molecule has 0 aromatic rings. The summed E-state index contributed by atoms with van der Waals surface area (Å²) < 4.78 is 0. The van der Waals surface area contributed by atoms with Crippen LogP contribution in [0.5, 0.6) is 0 Å². The highest BCUT2D eigenvalue weighted by Crippen LogP contribution is 2.57. The number of hydrogen-bond acceptors (Lipinski definition) is 1. The third-order valence-electron chi connectivity index (χ3n) is 4.89. The Balaban J connectivity index is 1.84. The van der Waals surface area contributed by atoms with Crippen LogP contribution < -0.4 is 0 Å². The van der Waals surface area contributed by atoms with Crippen molar-refractivity contribution in [1.29, 1.82) is 0 Å². The zero-order chi connectivity index (χ0) is 9.00. The van der Waals surface area contributed by atoms with E-state index in [2.05, 4.69) is 6.92 Å². The molecule has 3 saturated carbocycles. The van der Waals surface area contributed by atoms with E-state index in [4.69, 9.17) is 0 Å². The van der Waals surface area contributed by atoms with Gasteiger partial charge in [0.05, 0.1) is 0 Å². The summed E-state index contributed by atoms with van der Waals surface area (Å²) >= 11 is 0. The Morgan fingerprint density at radius 2 is 1.77 bits per heavy atom. The fourth-order valence-corrected chi connectivity index (χ4v) is 4.19. The van der Waals surface area contributed by atoms with Crippen molar-refractivity contribution in [2.45, 2.75) is 39.0 Å². The molecular formula is C12H18O. The van der Waals surface area contributed by atoms with Crippen LogP contribution in [0.3, 0.4) is 0 Å². The number of ketones is 1. The first kappa shape index (κ1) is 8.02. The molecule has 5 atom stereocenters. The van der Waals surface area contributed by atoms with Crippen LogP contribution in [0.4, 0.5) is 0 Å². The monoisotopic (exact) mass is 178 g/mol. The molecule has 0 heterocycles. The van der Waals surface area contributed by atoms with Crippen LogP contribution in [0.1, 0.15) is 39.0 Å². The molecule has 13 heavy (non-hydrogen) atoms. The van der Waals surface area contributed by atoms with Gasteiger partial charge in [-0.15, -0.1) is 0 Å². The van der Waals surface area contributed by atoms with Crippen LogP contribution in [0.2, 0.25) is 0 Å². The van der Waals surface area contributed by atoms with Crippen LogP contribution in [-0.4, -0.2) is 5.78 Å². The molecule has 72 valence electrons. The van der Waals surface area contributed by atoms with Crippen molar-refractivity contribution in [2.75, 3.05) is 0 Å². The maximum atomic E-state index is 11.6. The highest BCUT2D eigenvalue weighted by atomic mass is 16.1. The molecule has 0 aliphatic heterocycles. The molecule has 3 aliphatic carbocycles. The molecule has 0 aromatic carbocycles. The second-order valence-electron chi connectivity index (χ2n) is 5.47. The van der Waals surface area contributed by atoms with Crippen molar-refractivity contribution in [3.05, 3.63) is 0 Å². The summed E-state index contributed by atoms with van der Waals surface area (Å²) in [7, 11) is 0. The van der Waals surface area contributed by atoms with Crippen molar-refractivity contribution in [2.24, 2.45) is 29.6 Å². The fourth-order valence-electron chi connectivity index (χ4n) is 4.19. The molecule has 0 aromatic heterocycles. The predicted octanol–water partition coefficient (Wildman–Crippen LogP) is 2.65. The van der Waals surface area contributed by atoms with Gasteiger partial charge in [0, 0.05) is 12.3 Å². The number of rotatable bonds is 0. The lowest BCUT2D eigenvalue weighted by Crippen LogP contribution is -2.34. The zero-order valence-corrected chi connectivity index (χ0v) is 8.33. The average molecular weight is 178 g/mol. The molecule has 0 spiro atoms. The van der Waals surface area contributed by atoms with E-state index in [0.717, 1.165) is 30.1 Å². The first-order valence-corrected chi connectivity index (χ1v) is 5.78. The number of carbonyl (C=O) groups excluding carboxylic acids is 1. The Hall–Kier alpha value is -0.330. The minimum Gasteiger partial charge on any atom is -0.299 e. The molecule has 0 unspecified atom stereocenters. The van der Waals surface area contributed by atoms with Crippen molar-refractivity contribution in [3.8, 4) is 0 Å².